The highest BCUT2D eigenvalue weighted by molar-refractivity contribution is 5.27. The predicted molar refractivity (Wildman–Crippen MR) is 70.4 cm³/mol. The zero-order chi connectivity index (χ0) is 13.0. The fourth-order valence-corrected chi connectivity index (χ4v) is 2.49. The summed E-state index contributed by atoms with van der Waals surface area (Å²) in [4.78, 5) is 12.0. The normalized spacial score (nSPS) is 19.4. The van der Waals surface area contributed by atoms with Crippen LogP contribution in [0.25, 0.3) is 0 Å². The molecule has 1 N–H and O–H groups in total. The van der Waals surface area contributed by atoms with Gasteiger partial charge in [0.05, 0.1) is 0 Å². The molecule has 96 valence electrons. The molecule has 1 fully saturated rings. The van der Waals surface area contributed by atoms with Crippen molar-refractivity contribution in [2.45, 2.75) is 45.2 Å². The first-order valence-electron chi connectivity index (χ1n) is 6.56. The molecule has 0 spiro atoms. The van der Waals surface area contributed by atoms with E-state index in [-0.39, 0.29) is 11.1 Å². The number of piperidine rings is 1. The minimum Gasteiger partial charge on any atom is -0.314 e. The zero-order valence-corrected chi connectivity index (χ0v) is 10.8. The number of pyridine rings is 1. The first-order valence-corrected chi connectivity index (χ1v) is 6.56. The van der Waals surface area contributed by atoms with Gasteiger partial charge in [-0.2, -0.15) is 5.26 Å². The summed E-state index contributed by atoms with van der Waals surface area (Å²) in [6, 6.07) is 5.91. The average molecular weight is 245 g/mol. The minimum atomic E-state index is -0.159. The summed E-state index contributed by atoms with van der Waals surface area (Å²) in [5, 5.41) is 12.4. The molecule has 2 heterocycles. The number of hydrogen-bond acceptors (Lipinski definition) is 3. The highest BCUT2D eigenvalue weighted by Crippen LogP contribution is 2.11. The van der Waals surface area contributed by atoms with Crippen LogP contribution in [-0.2, 0) is 6.54 Å². The maximum absolute atomic E-state index is 12.0. The van der Waals surface area contributed by atoms with Crippen LogP contribution in [0, 0.1) is 18.3 Å². The predicted octanol–water partition coefficient (Wildman–Crippen LogP) is 1.56. The molecule has 2 rings (SSSR count). The maximum atomic E-state index is 12.0. The number of aryl methyl sites for hydroxylation is 1. The molecule has 18 heavy (non-hydrogen) atoms. The van der Waals surface area contributed by atoms with E-state index in [9.17, 15) is 4.79 Å². The number of nitrogens with zero attached hydrogens (tertiary/aromatic N) is 2. The third-order valence-corrected chi connectivity index (χ3v) is 3.63. The van der Waals surface area contributed by atoms with Gasteiger partial charge < -0.3 is 9.88 Å². The molecular weight excluding hydrogens is 226 g/mol. The van der Waals surface area contributed by atoms with Crippen molar-refractivity contribution in [3.05, 3.63) is 33.7 Å². The third kappa shape index (κ3) is 2.80. The quantitative estimate of drug-likeness (QED) is 0.879. The Bertz CT molecular complexity index is 507. The fraction of sp³-hybridized carbons (Fsp3) is 0.571. The summed E-state index contributed by atoms with van der Waals surface area (Å²) < 4.78 is 1.72. The van der Waals surface area contributed by atoms with Gasteiger partial charge in [0.1, 0.15) is 11.6 Å². The third-order valence-electron chi connectivity index (χ3n) is 3.63. The SMILES string of the molecule is Cc1ccc(C#N)c(=O)n1CCC1CCCCN1. The van der Waals surface area contributed by atoms with Crippen LogP contribution in [0.2, 0.25) is 0 Å². The van der Waals surface area contributed by atoms with Crippen LogP contribution in [0.1, 0.15) is 36.9 Å². The Morgan fingerprint density at radius 2 is 2.33 bits per heavy atom. The molecule has 4 heteroatoms. The van der Waals surface area contributed by atoms with Crippen LogP contribution in [0.3, 0.4) is 0 Å². The summed E-state index contributed by atoms with van der Waals surface area (Å²) >= 11 is 0. The van der Waals surface area contributed by atoms with Crippen molar-refractivity contribution >= 4 is 0 Å². The van der Waals surface area contributed by atoms with E-state index in [1.165, 1.54) is 19.3 Å². The van der Waals surface area contributed by atoms with Gasteiger partial charge in [-0.3, -0.25) is 4.79 Å². The van der Waals surface area contributed by atoms with E-state index in [4.69, 9.17) is 5.26 Å². The lowest BCUT2D eigenvalue weighted by Crippen LogP contribution is -2.36. The van der Waals surface area contributed by atoms with E-state index in [0.29, 0.717) is 12.6 Å². The Labute approximate surface area is 107 Å². The Morgan fingerprint density at radius 3 is 3.00 bits per heavy atom. The van der Waals surface area contributed by atoms with Gasteiger partial charge in [-0.1, -0.05) is 6.42 Å². The second-order valence-corrected chi connectivity index (χ2v) is 4.89. The highest BCUT2D eigenvalue weighted by Gasteiger charge is 2.13. The lowest BCUT2D eigenvalue weighted by molar-refractivity contribution is 0.364. The molecule has 1 aromatic rings. The molecule has 0 bridgehead atoms. The number of hydrogen-bond donors (Lipinski definition) is 1. The molecule has 1 aliphatic heterocycles. The summed E-state index contributed by atoms with van der Waals surface area (Å²) in [6.45, 7) is 3.69. The van der Waals surface area contributed by atoms with E-state index in [1.54, 1.807) is 10.6 Å². The Morgan fingerprint density at radius 1 is 1.50 bits per heavy atom. The monoisotopic (exact) mass is 245 g/mol. The molecule has 1 aliphatic rings. The molecule has 0 aromatic carbocycles. The Balaban J connectivity index is 2.09. The van der Waals surface area contributed by atoms with E-state index in [1.807, 2.05) is 19.1 Å². The van der Waals surface area contributed by atoms with Gasteiger partial charge in [0.2, 0.25) is 0 Å². The first-order chi connectivity index (χ1) is 8.72. The highest BCUT2D eigenvalue weighted by atomic mass is 16.1. The lowest BCUT2D eigenvalue weighted by atomic mass is 10.0. The number of rotatable bonds is 3. The largest absolute Gasteiger partial charge is 0.314 e. The van der Waals surface area contributed by atoms with Crippen molar-refractivity contribution in [2.24, 2.45) is 0 Å². The van der Waals surface area contributed by atoms with E-state index < -0.39 is 0 Å². The lowest BCUT2D eigenvalue weighted by Gasteiger charge is -2.24. The van der Waals surface area contributed by atoms with Gasteiger partial charge in [0.15, 0.2) is 0 Å². The van der Waals surface area contributed by atoms with E-state index in [2.05, 4.69) is 5.32 Å². The fourth-order valence-electron chi connectivity index (χ4n) is 2.49. The van der Waals surface area contributed by atoms with Gasteiger partial charge >= 0.3 is 0 Å². The van der Waals surface area contributed by atoms with Crippen LogP contribution in [0.4, 0.5) is 0 Å². The summed E-state index contributed by atoms with van der Waals surface area (Å²) in [5.74, 6) is 0. The minimum absolute atomic E-state index is 0.159. The molecule has 0 aliphatic carbocycles. The second-order valence-electron chi connectivity index (χ2n) is 4.89. The van der Waals surface area contributed by atoms with Crippen LogP contribution in [-0.4, -0.2) is 17.2 Å². The molecule has 1 atom stereocenters. The van der Waals surface area contributed by atoms with Crippen molar-refractivity contribution in [3.63, 3.8) is 0 Å². The summed E-state index contributed by atoms with van der Waals surface area (Å²) in [7, 11) is 0. The topological polar surface area (TPSA) is 57.8 Å². The molecular formula is C14H19N3O. The van der Waals surface area contributed by atoms with Gasteiger partial charge in [-0.25, -0.2) is 0 Å². The molecule has 4 nitrogen and oxygen atoms in total. The van der Waals surface area contributed by atoms with Crippen LogP contribution in [0.5, 0.6) is 0 Å². The van der Waals surface area contributed by atoms with Crippen LogP contribution in [0.15, 0.2) is 16.9 Å². The number of nitrogens with one attached hydrogen (secondary N) is 1. The molecule has 1 unspecified atom stereocenters. The molecule has 0 amide bonds. The zero-order valence-electron chi connectivity index (χ0n) is 10.8. The van der Waals surface area contributed by atoms with Crippen LogP contribution >= 0.6 is 0 Å². The van der Waals surface area contributed by atoms with Gasteiger partial charge in [0.25, 0.3) is 5.56 Å². The molecule has 0 radical (unpaired) electrons. The van der Waals surface area contributed by atoms with Crippen molar-refractivity contribution in [3.8, 4) is 6.07 Å². The second kappa shape index (κ2) is 5.83. The van der Waals surface area contributed by atoms with Crippen LogP contribution < -0.4 is 10.9 Å². The van der Waals surface area contributed by atoms with Crippen molar-refractivity contribution in [1.82, 2.24) is 9.88 Å². The van der Waals surface area contributed by atoms with Crippen molar-refractivity contribution < 1.29 is 0 Å². The Kier molecular flexibility index (Phi) is 4.16. The summed E-state index contributed by atoms with van der Waals surface area (Å²) in [6.07, 6.45) is 4.66. The van der Waals surface area contributed by atoms with Gasteiger partial charge in [-0.05, 0) is 44.9 Å². The van der Waals surface area contributed by atoms with Gasteiger partial charge in [-0.15, -0.1) is 0 Å². The smallest absolute Gasteiger partial charge is 0.268 e. The van der Waals surface area contributed by atoms with Gasteiger partial charge in [0, 0.05) is 18.3 Å². The first kappa shape index (κ1) is 12.8. The average Bonchev–Trinajstić information content (AvgIpc) is 2.40. The molecule has 1 aromatic heterocycles. The molecule has 1 saturated heterocycles. The standard InChI is InChI=1S/C14H19N3O/c1-11-5-6-12(10-15)14(18)17(11)9-7-13-4-2-3-8-16-13/h5-6,13,16H,2-4,7-9H2,1H3. The van der Waals surface area contributed by atoms with Crippen molar-refractivity contribution in [2.75, 3.05) is 6.54 Å². The molecule has 0 saturated carbocycles. The van der Waals surface area contributed by atoms with Crippen molar-refractivity contribution in [1.29, 1.82) is 5.26 Å². The van der Waals surface area contributed by atoms with E-state index >= 15 is 0 Å². The Hall–Kier alpha value is -1.60. The maximum Gasteiger partial charge on any atom is 0.268 e. The number of aromatic nitrogens is 1. The number of nitriles is 1. The van der Waals surface area contributed by atoms with E-state index in [0.717, 1.165) is 18.7 Å². The summed E-state index contributed by atoms with van der Waals surface area (Å²) in [5.41, 5.74) is 1.00.